The number of aromatic nitrogens is 1. The Morgan fingerprint density at radius 2 is 2.21 bits per heavy atom. The van der Waals surface area contributed by atoms with Gasteiger partial charge in [0.1, 0.15) is 5.01 Å². The lowest BCUT2D eigenvalue weighted by Crippen LogP contribution is -1.77. The van der Waals surface area contributed by atoms with Crippen molar-refractivity contribution >= 4 is 38.6 Å². The smallest absolute Gasteiger partial charge is 0.133 e. The van der Waals surface area contributed by atoms with Crippen LogP contribution in [0.1, 0.15) is 24.6 Å². The van der Waals surface area contributed by atoms with Crippen molar-refractivity contribution in [2.24, 2.45) is 0 Å². The number of thiazole rings is 1. The molecule has 0 saturated heterocycles. The van der Waals surface area contributed by atoms with E-state index in [1.165, 1.54) is 9.75 Å². The molecule has 74 valence electrons. The molecule has 0 fully saturated rings. The van der Waals surface area contributed by atoms with E-state index in [2.05, 4.69) is 46.2 Å². The Bertz CT molecular complexity index is 431. The van der Waals surface area contributed by atoms with Gasteiger partial charge in [-0.25, -0.2) is 4.98 Å². The molecule has 2 heterocycles. The third-order valence-corrected chi connectivity index (χ3v) is 5.03. The molecular formula is C10H10BrNS2. The lowest BCUT2D eigenvalue weighted by Gasteiger charge is -1.95. The molecule has 0 unspecified atom stereocenters. The SMILES string of the molecule is CC(C)c1cnc(-c2cc(Br)cs2)s1. The molecular weight excluding hydrogens is 278 g/mol. The zero-order valence-corrected chi connectivity index (χ0v) is 11.2. The Kier molecular flexibility index (Phi) is 3.04. The molecule has 0 atom stereocenters. The molecule has 0 aliphatic heterocycles. The zero-order valence-electron chi connectivity index (χ0n) is 7.95. The van der Waals surface area contributed by atoms with E-state index in [-0.39, 0.29) is 0 Å². The fourth-order valence-electron chi connectivity index (χ4n) is 1.09. The van der Waals surface area contributed by atoms with E-state index in [0.29, 0.717) is 5.92 Å². The summed E-state index contributed by atoms with van der Waals surface area (Å²) < 4.78 is 1.14. The molecule has 1 nitrogen and oxygen atoms in total. The van der Waals surface area contributed by atoms with Crippen LogP contribution in [-0.4, -0.2) is 4.98 Å². The van der Waals surface area contributed by atoms with Crippen molar-refractivity contribution in [1.82, 2.24) is 4.98 Å². The Morgan fingerprint density at radius 3 is 2.71 bits per heavy atom. The van der Waals surface area contributed by atoms with Crippen molar-refractivity contribution in [1.29, 1.82) is 0 Å². The summed E-state index contributed by atoms with van der Waals surface area (Å²) in [5.74, 6) is 0.574. The van der Waals surface area contributed by atoms with E-state index in [1.54, 1.807) is 22.7 Å². The molecule has 0 N–H and O–H groups in total. The van der Waals surface area contributed by atoms with E-state index in [4.69, 9.17) is 0 Å². The Labute approximate surface area is 100.0 Å². The van der Waals surface area contributed by atoms with Crippen LogP contribution < -0.4 is 0 Å². The molecule has 0 amide bonds. The van der Waals surface area contributed by atoms with Crippen LogP contribution in [0.5, 0.6) is 0 Å². The lowest BCUT2D eigenvalue weighted by atomic mass is 10.2. The van der Waals surface area contributed by atoms with E-state index in [9.17, 15) is 0 Å². The van der Waals surface area contributed by atoms with Gasteiger partial charge in [-0.15, -0.1) is 22.7 Å². The number of thiophene rings is 1. The van der Waals surface area contributed by atoms with Crippen molar-refractivity contribution in [3.05, 3.63) is 27.0 Å². The van der Waals surface area contributed by atoms with Crippen LogP contribution in [0.15, 0.2) is 22.1 Å². The van der Waals surface area contributed by atoms with E-state index in [1.807, 2.05) is 6.20 Å². The monoisotopic (exact) mass is 287 g/mol. The van der Waals surface area contributed by atoms with Crippen LogP contribution in [0.2, 0.25) is 0 Å². The molecule has 2 aromatic heterocycles. The average Bonchev–Trinajstić information content (AvgIpc) is 2.70. The molecule has 0 saturated carbocycles. The number of hydrogen-bond acceptors (Lipinski definition) is 3. The van der Waals surface area contributed by atoms with Crippen LogP contribution in [-0.2, 0) is 0 Å². The minimum Gasteiger partial charge on any atom is -0.243 e. The third-order valence-electron chi connectivity index (χ3n) is 1.87. The highest BCUT2D eigenvalue weighted by molar-refractivity contribution is 9.10. The molecule has 0 radical (unpaired) electrons. The third kappa shape index (κ3) is 2.07. The summed E-state index contributed by atoms with van der Waals surface area (Å²) in [5.41, 5.74) is 0. The first-order chi connectivity index (χ1) is 6.66. The number of rotatable bonds is 2. The summed E-state index contributed by atoms with van der Waals surface area (Å²) in [4.78, 5) is 7.02. The number of halogens is 1. The van der Waals surface area contributed by atoms with Crippen LogP contribution in [0.3, 0.4) is 0 Å². The van der Waals surface area contributed by atoms with Gasteiger partial charge in [0.05, 0.1) is 4.88 Å². The summed E-state index contributed by atoms with van der Waals surface area (Å²) in [6.45, 7) is 4.39. The summed E-state index contributed by atoms with van der Waals surface area (Å²) in [6, 6.07) is 2.12. The van der Waals surface area contributed by atoms with Crippen LogP contribution in [0.25, 0.3) is 9.88 Å². The van der Waals surface area contributed by atoms with Gasteiger partial charge in [-0.3, -0.25) is 0 Å². The largest absolute Gasteiger partial charge is 0.243 e. The van der Waals surface area contributed by atoms with Gasteiger partial charge in [-0.1, -0.05) is 13.8 Å². The predicted molar refractivity (Wildman–Crippen MR) is 67.2 cm³/mol. The van der Waals surface area contributed by atoms with Crippen LogP contribution in [0.4, 0.5) is 0 Å². The summed E-state index contributed by atoms with van der Waals surface area (Å²) in [6.07, 6.45) is 1.98. The second-order valence-electron chi connectivity index (χ2n) is 3.35. The topological polar surface area (TPSA) is 12.9 Å². The van der Waals surface area contributed by atoms with Gasteiger partial charge in [0.25, 0.3) is 0 Å². The fourth-order valence-corrected chi connectivity index (χ4v) is 3.51. The highest BCUT2D eigenvalue weighted by Crippen LogP contribution is 2.34. The fraction of sp³-hybridized carbons (Fsp3) is 0.300. The molecule has 0 spiro atoms. The van der Waals surface area contributed by atoms with Gasteiger partial charge in [0.2, 0.25) is 0 Å². The van der Waals surface area contributed by atoms with Gasteiger partial charge in [-0.2, -0.15) is 0 Å². The number of hydrogen-bond donors (Lipinski definition) is 0. The minimum absolute atomic E-state index is 0.574. The van der Waals surface area contributed by atoms with Gasteiger partial charge in [0, 0.05) is 20.9 Å². The van der Waals surface area contributed by atoms with Gasteiger partial charge < -0.3 is 0 Å². The Hall–Kier alpha value is -0.190. The second-order valence-corrected chi connectivity index (χ2v) is 6.24. The maximum Gasteiger partial charge on any atom is 0.133 e. The van der Waals surface area contributed by atoms with E-state index < -0.39 is 0 Å². The second kappa shape index (κ2) is 4.13. The van der Waals surface area contributed by atoms with Crippen molar-refractivity contribution in [3.63, 3.8) is 0 Å². The summed E-state index contributed by atoms with van der Waals surface area (Å²) in [5, 5.41) is 3.22. The molecule has 2 rings (SSSR count). The first kappa shape index (κ1) is 10.3. The maximum absolute atomic E-state index is 4.43. The number of nitrogens with zero attached hydrogens (tertiary/aromatic N) is 1. The van der Waals surface area contributed by atoms with E-state index >= 15 is 0 Å². The summed E-state index contributed by atoms with van der Waals surface area (Å²) in [7, 11) is 0. The predicted octanol–water partition coefficient (Wildman–Crippen LogP) is 4.76. The summed E-state index contributed by atoms with van der Waals surface area (Å²) >= 11 is 6.97. The van der Waals surface area contributed by atoms with Gasteiger partial charge in [-0.05, 0) is 27.9 Å². The molecule has 0 aromatic carbocycles. The zero-order chi connectivity index (χ0) is 10.1. The molecule has 0 bridgehead atoms. The normalized spacial score (nSPS) is 11.1. The highest BCUT2D eigenvalue weighted by atomic mass is 79.9. The van der Waals surface area contributed by atoms with Crippen LogP contribution >= 0.6 is 38.6 Å². The minimum atomic E-state index is 0.574. The van der Waals surface area contributed by atoms with Crippen molar-refractivity contribution in [2.75, 3.05) is 0 Å². The van der Waals surface area contributed by atoms with Crippen molar-refractivity contribution < 1.29 is 0 Å². The Balaban J connectivity index is 2.33. The maximum atomic E-state index is 4.43. The molecule has 0 aliphatic carbocycles. The lowest BCUT2D eigenvalue weighted by molar-refractivity contribution is 0.885. The molecule has 4 heteroatoms. The van der Waals surface area contributed by atoms with Crippen LogP contribution in [0, 0.1) is 0 Å². The Morgan fingerprint density at radius 1 is 1.43 bits per heavy atom. The van der Waals surface area contributed by atoms with E-state index in [0.717, 1.165) is 9.48 Å². The molecule has 2 aromatic rings. The van der Waals surface area contributed by atoms with Gasteiger partial charge >= 0.3 is 0 Å². The molecule has 0 aliphatic rings. The quantitative estimate of drug-likeness (QED) is 0.776. The molecule has 14 heavy (non-hydrogen) atoms. The van der Waals surface area contributed by atoms with Crippen molar-refractivity contribution in [2.45, 2.75) is 19.8 Å². The highest BCUT2D eigenvalue weighted by Gasteiger charge is 2.08. The standard InChI is InChI=1S/C10H10BrNS2/c1-6(2)9-4-12-10(14-9)8-3-7(11)5-13-8/h3-6H,1-2H3. The van der Waals surface area contributed by atoms with Crippen molar-refractivity contribution in [3.8, 4) is 9.88 Å². The average molecular weight is 288 g/mol. The first-order valence-electron chi connectivity index (χ1n) is 4.37. The first-order valence-corrected chi connectivity index (χ1v) is 6.86. The van der Waals surface area contributed by atoms with Gasteiger partial charge in [0.15, 0.2) is 0 Å².